The molecule has 0 radical (unpaired) electrons. The van der Waals surface area contributed by atoms with Crippen molar-refractivity contribution in [1.82, 2.24) is 4.98 Å². The zero-order valence-corrected chi connectivity index (χ0v) is 7.11. The van der Waals surface area contributed by atoms with Gasteiger partial charge in [-0.15, -0.1) is 0 Å². The van der Waals surface area contributed by atoms with Gasteiger partial charge in [-0.25, -0.2) is 0 Å². The van der Waals surface area contributed by atoms with E-state index in [0.717, 1.165) is 6.42 Å². The molecule has 0 spiro atoms. The minimum Gasteiger partial charge on any atom is -0.358 e. The summed E-state index contributed by atoms with van der Waals surface area (Å²) in [5.41, 5.74) is 0.536. The van der Waals surface area contributed by atoms with Crippen LogP contribution in [0.5, 0.6) is 0 Å². The van der Waals surface area contributed by atoms with Crippen LogP contribution in [-0.2, 0) is 0 Å². The van der Waals surface area contributed by atoms with Gasteiger partial charge in [0, 0.05) is 12.6 Å². The number of rotatable bonds is 3. The second-order valence-corrected chi connectivity index (χ2v) is 2.78. The Morgan fingerprint density at radius 3 is 2.91 bits per heavy atom. The Kier molecular flexibility index (Phi) is 2.71. The van der Waals surface area contributed by atoms with E-state index in [0.29, 0.717) is 17.1 Å². The molecule has 0 aliphatic carbocycles. The molecule has 0 aromatic carbocycles. The fraction of sp³-hybridized carbons (Fsp3) is 0.375. The molecular formula is C8H10ClNO. The van der Waals surface area contributed by atoms with Gasteiger partial charge in [-0.05, 0) is 12.5 Å². The van der Waals surface area contributed by atoms with Crippen molar-refractivity contribution in [2.75, 3.05) is 0 Å². The van der Waals surface area contributed by atoms with Crippen molar-refractivity contribution in [3.63, 3.8) is 0 Å². The number of hydrogen-bond donors (Lipinski definition) is 1. The second kappa shape index (κ2) is 3.58. The van der Waals surface area contributed by atoms with Crippen LogP contribution in [0.25, 0.3) is 0 Å². The van der Waals surface area contributed by atoms with Gasteiger partial charge in [-0.3, -0.25) is 4.79 Å². The SMILES string of the molecule is CCCC(=O)c1[nH]ccc1Cl. The first-order chi connectivity index (χ1) is 5.25. The smallest absolute Gasteiger partial charge is 0.180 e. The first-order valence-electron chi connectivity index (χ1n) is 3.61. The first-order valence-corrected chi connectivity index (χ1v) is 3.99. The number of carbonyl (C=O) groups excluding carboxylic acids is 1. The van der Waals surface area contributed by atoms with Crippen molar-refractivity contribution in [3.8, 4) is 0 Å². The van der Waals surface area contributed by atoms with E-state index in [4.69, 9.17) is 11.6 Å². The van der Waals surface area contributed by atoms with Crippen molar-refractivity contribution < 1.29 is 4.79 Å². The van der Waals surface area contributed by atoms with Gasteiger partial charge >= 0.3 is 0 Å². The molecule has 11 heavy (non-hydrogen) atoms. The lowest BCUT2D eigenvalue weighted by atomic mass is 10.2. The fourth-order valence-electron chi connectivity index (χ4n) is 0.916. The third-order valence-corrected chi connectivity index (χ3v) is 1.77. The Balaban J connectivity index is 2.76. The summed E-state index contributed by atoms with van der Waals surface area (Å²) in [5, 5.41) is 0.517. The lowest BCUT2D eigenvalue weighted by Gasteiger charge is -1.94. The summed E-state index contributed by atoms with van der Waals surface area (Å²) in [5.74, 6) is 0.0856. The zero-order chi connectivity index (χ0) is 8.27. The Hall–Kier alpha value is -0.760. The van der Waals surface area contributed by atoms with E-state index in [1.807, 2.05) is 6.92 Å². The van der Waals surface area contributed by atoms with E-state index in [1.165, 1.54) is 0 Å². The molecule has 60 valence electrons. The molecule has 0 unspecified atom stereocenters. The van der Waals surface area contributed by atoms with Gasteiger partial charge < -0.3 is 4.98 Å². The molecule has 2 nitrogen and oxygen atoms in total. The van der Waals surface area contributed by atoms with E-state index in [-0.39, 0.29) is 5.78 Å². The number of aromatic amines is 1. The minimum atomic E-state index is 0.0856. The molecule has 0 aliphatic rings. The van der Waals surface area contributed by atoms with Gasteiger partial charge in [0.25, 0.3) is 0 Å². The van der Waals surface area contributed by atoms with E-state index in [9.17, 15) is 4.79 Å². The van der Waals surface area contributed by atoms with Crippen LogP contribution in [-0.4, -0.2) is 10.8 Å². The monoisotopic (exact) mass is 171 g/mol. The number of aromatic nitrogens is 1. The standard InChI is InChI=1S/C8H10ClNO/c1-2-3-7(11)8-6(9)4-5-10-8/h4-5,10H,2-3H2,1H3. The summed E-state index contributed by atoms with van der Waals surface area (Å²) in [6.45, 7) is 1.97. The predicted octanol–water partition coefficient (Wildman–Crippen LogP) is 2.65. The van der Waals surface area contributed by atoms with Gasteiger partial charge in [-0.1, -0.05) is 18.5 Å². The molecule has 1 rings (SSSR count). The molecule has 0 bridgehead atoms. The molecule has 0 aliphatic heterocycles. The van der Waals surface area contributed by atoms with Crippen LogP contribution >= 0.6 is 11.6 Å². The fourth-order valence-corrected chi connectivity index (χ4v) is 1.14. The lowest BCUT2D eigenvalue weighted by Crippen LogP contribution is -1.98. The zero-order valence-electron chi connectivity index (χ0n) is 6.36. The maximum Gasteiger partial charge on any atom is 0.180 e. The normalized spacial score (nSPS) is 10.0. The van der Waals surface area contributed by atoms with E-state index >= 15 is 0 Å². The summed E-state index contributed by atoms with van der Waals surface area (Å²) in [6.07, 6.45) is 3.08. The van der Waals surface area contributed by atoms with Crippen LogP contribution in [0, 0.1) is 0 Å². The molecule has 1 N–H and O–H groups in total. The van der Waals surface area contributed by atoms with E-state index < -0.39 is 0 Å². The van der Waals surface area contributed by atoms with Gasteiger partial charge in [0.05, 0.1) is 5.02 Å². The maximum atomic E-state index is 11.2. The molecule has 1 aromatic heterocycles. The molecule has 0 amide bonds. The average molecular weight is 172 g/mol. The summed E-state index contributed by atoms with van der Waals surface area (Å²) >= 11 is 5.72. The molecule has 1 aromatic rings. The maximum absolute atomic E-state index is 11.2. The highest BCUT2D eigenvalue weighted by Crippen LogP contribution is 2.15. The second-order valence-electron chi connectivity index (χ2n) is 2.37. The Bertz CT molecular complexity index is 254. The quantitative estimate of drug-likeness (QED) is 0.697. The van der Waals surface area contributed by atoms with E-state index in [2.05, 4.69) is 4.98 Å². The van der Waals surface area contributed by atoms with Crippen molar-refractivity contribution in [2.24, 2.45) is 0 Å². The van der Waals surface area contributed by atoms with Crippen LogP contribution in [0.4, 0.5) is 0 Å². The molecule has 0 fully saturated rings. The van der Waals surface area contributed by atoms with Crippen molar-refractivity contribution in [2.45, 2.75) is 19.8 Å². The van der Waals surface area contributed by atoms with Crippen molar-refractivity contribution in [3.05, 3.63) is 23.0 Å². The molecule has 1 heterocycles. The molecular weight excluding hydrogens is 162 g/mol. The number of ketones is 1. The summed E-state index contributed by atoms with van der Waals surface area (Å²) < 4.78 is 0. The highest BCUT2D eigenvalue weighted by molar-refractivity contribution is 6.33. The number of nitrogens with one attached hydrogen (secondary N) is 1. The van der Waals surface area contributed by atoms with Gasteiger partial charge in [0.1, 0.15) is 5.69 Å². The van der Waals surface area contributed by atoms with E-state index in [1.54, 1.807) is 12.3 Å². The largest absolute Gasteiger partial charge is 0.358 e. The average Bonchev–Trinajstić information content (AvgIpc) is 2.36. The van der Waals surface area contributed by atoms with Gasteiger partial charge in [0.15, 0.2) is 5.78 Å². The number of halogens is 1. The Morgan fingerprint density at radius 2 is 2.45 bits per heavy atom. The summed E-state index contributed by atoms with van der Waals surface area (Å²) in [6, 6.07) is 1.68. The number of H-pyrrole nitrogens is 1. The van der Waals surface area contributed by atoms with Crippen molar-refractivity contribution in [1.29, 1.82) is 0 Å². The molecule has 0 saturated heterocycles. The highest BCUT2D eigenvalue weighted by Gasteiger charge is 2.08. The lowest BCUT2D eigenvalue weighted by molar-refractivity contribution is 0.0977. The summed E-state index contributed by atoms with van der Waals surface area (Å²) in [7, 11) is 0. The summed E-state index contributed by atoms with van der Waals surface area (Å²) in [4.78, 5) is 14.0. The highest BCUT2D eigenvalue weighted by atomic mass is 35.5. The Morgan fingerprint density at radius 1 is 1.73 bits per heavy atom. The Labute approximate surface area is 70.6 Å². The minimum absolute atomic E-state index is 0.0856. The molecule has 3 heteroatoms. The third kappa shape index (κ3) is 1.84. The van der Waals surface area contributed by atoms with Crippen LogP contribution in [0.15, 0.2) is 12.3 Å². The van der Waals surface area contributed by atoms with Crippen molar-refractivity contribution >= 4 is 17.4 Å². The van der Waals surface area contributed by atoms with Gasteiger partial charge in [-0.2, -0.15) is 0 Å². The van der Waals surface area contributed by atoms with Crippen LogP contribution < -0.4 is 0 Å². The van der Waals surface area contributed by atoms with Crippen LogP contribution in [0.3, 0.4) is 0 Å². The number of Topliss-reactive ketones (excluding diaryl/α,β-unsaturated/α-hetero) is 1. The predicted molar refractivity (Wildman–Crippen MR) is 45.0 cm³/mol. The topological polar surface area (TPSA) is 32.9 Å². The number of hydrogen-bond acceptors (Lipinski definition) is 1. The third-order valence-electron chi connectivity index (χ3n) is 1.45. The van der Waals surface area contributed by atoms with Crippen LogP contribution in [0.2, 0.25) is 5.02 Å². The molecule has 0 atom stereocenters. The van der Waals surface area contributed by atoms with Gasteiger partial charge in [0.2, 0.25) is 0 Å². The number of carbonyl (C=O) groups is 1. The van der Waals surface area contributed by atoms with Crippen LogP contribution in [0.1, 0.15) is 30.3 Å². The first kappa shape index (κ1) is 8.34. The molecule has 0 saturated carbocycles.